The molecule has 0 amide bonds. The average Bonchev–Trinajstić information content (AvgIpc) is 2.14. The Morgan fingerprint density at radius 3 is 2.33 bits per heavy atom. The summed E-state index contributed by atoms with van der Waals surface area (Å²) in [6.45, 7) is 1.56. The van der Waals surface area contributed by atoms with Crippen LogP contribution in [-0.2, 0) is 6.18 Å². The summed E-state index contributed by atoms with van der Waals surface area (Å²) in [4.78, 5) is 0. The molecule has 1 rings (SSSR count). The number of hydrogen-bond donors (Lipinski definition) is 1. The summed E-state index contributed by atoms with van der Waals surface area (Å²) in [7, 11) is 0. The second-order valence-electron chi connectivity index (χ2n) is 3.03. The first-order valence-electron chi connectivity index (χ1n) is 4.27. The summed E-state index contributed by atoms with van der Waals surface area (Å²) in [6, 6.07) is 1.99. The van der Waals surface area contributed by atoms with E-state index >= 15 is 0 Å². The second kappa shape index (κ2) is 4.18. The number of aliphatic hydroxyl groups is 1. The van der Waals surface area contributed by atoms with Crippen LogP contribution in [0.15, 0.2) is 18.2 Å². The van der Waals surface area contributed by atoms with Crippen molar-refractivity contribution in [3.8, 4) is 0 Å². The number of halogens is 4. The van der Waals surface area contributed by atoms with Crippen LogP contribution in [0.5, 0.6) is 0 Å². The Morgan fingerprint density at radius 2 is 1.87 bits per heavy atom. The molecule has 15 heavy (non-hydrogen) atoms. The first-order chi connectivity index (χ1) is 6.84. The van der Waals surface area contributed by atoms with E-state index in [2.05, 4.69) is 0 Å². The fraction of sp³-hybridized carbons (Fsp3) is 0.300. The van der Waals surface area contributed by atoms with E-state index in [0.717, 1.165) is 12.1 Å². The van der Waals surface area contributed by atoms with Gasteiger partial charge in [-0.2, -0.15) is 13.2 Å². The fourth-order valence-corrected chi connectivity index (χ4v) is 1.12. The number of benzene rings is 1. The molecule has 0 bridgehead atoms. The zero-order chi connectivity index (χ0) is 11.6. The highest BCUT2D eigenvalue weighted by atomic mass is 19.4. The topological polar surface area (TPSA) is 20.2 Å². The van der Waals surface area contributed by atoms with E-state index in [1.165, 1.54) is 0 Å². The minimum absolute atomic E-state index is 0.134. The van der Waals surface area contributed by atoms with Crippen LogP contribution in [0.1, 0.15) is 24.5 Å². The van der Waals surface area contributed by atoms with Crippen LogP contribution < -0.4 is 0 Å². The third-order valence-corrected chi connectivity index (χ3v) is 1.89. The molecule has 0 aliphatic heterocycles. The molecule has 0 aromatic heterocycles. The predicted octanol–water partition coefficient (Wildman–Crippen LogP) is 3.51. The van der Waals surface area contributed by atoms with Crippen LogP contribution in [0.4, 0.5) is 17.6 Å². The molecule has 0 heterocycles. The van der Waals surface area contributed by atoms with E-state index in [1.54, 1.807) is 6.92 Å². The largest absolute Gasteiger partial charge is 0.416 e. The molecule has 0 aliphatic carbocycles. The molecule has 0 unspecified atom stereocenters. The molecule has 1 radical (unpaired) electrons. The lowest BCUT2D eigenvalue weighted by molar-refractivity contribution is -0.137. The molecule has 0 saturated heterocycles. The van der Waals surface area contributed by atoms with Gasteiger partial charge in [-0.25, -0.2) is 4.39 Å². The molecule has 0 fully saturated rings. The van der Waals surface area contributed by atoms with Crippen LogP contribution in [-0.4, -0.2) is 5.11 Å². The average molecular weight is 221 g/mol. The third-order valence-electron chi connectivity index (χ3n) is 1.89. The van der Waals surface area contributed by atoms with Gasteiger partial charge in [0, 0.05) is 0 Å². The van der Waals surface area contributed by atoms with E-state index < -0.39 is 17.6 Å². The maximum atomic E-state index is 12.8. The predicted molar refractivity (Wildman–Crippen MR) is 46.0 cm³/mol. The lowest BCUT2D eigenvalue weighted by Gasteiger charge is -2.11. The third kappa shape index (κ3) is 2.92. The minimum Gasteiger partial charge on any atom is -0.382 e. The number of hydrogen-bond acceptors (Lipinski definition) is 1. The van der Waals surface area contributed by atoms with Gasteiger partial charge < -0.3 is 5.11 Å². The van der Waals surface area contributed by atoms with Gasteiger partial charge in [0.25, 0.3) is 0 Å². The van der Waals surface area contributed by atoms with Gasteiger partial charge in [-0.15, -0.1) is 0 Å². The highest BCUT2D eigenvalue weighted by Crippen LogP contribution is 2.31. The molecule has 1 nitrogen and oxygen atoms in total. The van der Waals surface area contributed by atoms with Crippen molar-refractivity contribution in [2.24, 2.45) is 0 Å². The van der Waals surface area contributed by atoms with Crippen molar-refractivity contribution >= 4 is 0 Å². The molecule has 0 aliphatic rings. The standard InChI is InChI=1S/C10H9F4O/c1-2-9(15)6-3-7(10(12,13)14)5-8(11)4-6/h3-5,15H,2H2,1H3. The molecule has 83 valence electrons. The molecule has 0 spiro atoms. The van der Waals surface area contributed by atoms with E-state index in [4.69, 9.17) is 0 Å². The summed E-state index contributed by atoms with van der Waals surface area (Å²) in [5.74, 6) is -1.01. The van der Waals surface area contributed by atoms with E-state index in [1.807, 2.05) is 0 Å². The quantitative estimate of drug-likeness (QED) is 0.757. The molecular weight excluding hydrogens is 212 g/mol. The zero-order valence-electron chi connectivity index (χ0n) is 7.90. The Balaban J connectivity index is 3.17. The lowest BCUT2D eigenvalue weighted by atomic mass is 10.0. The van der Waals surface area contributed by atoms with Crippen molar-refractivity contribution in [2.75, 3.05) is 0 Å². The Kier molecular flexibility index (Phi) is 3.34. The Morgan fingerprint density at radius 1 is 1.27 bits per heavy atom. The number of rotatable bonds is 2. The minimum atomic E-state index is -4.61. The normalized spacial score (nSPS) is 12.2. The Bertz CT molecular complexity index is 346. The zero-order valence-corrected chi connectivity index (χ0v) is 7.90. The molecule has 1 N–H and O–H groups in total. The van der Waals surface area contributed by atoms with Gasteiger partial charge in [-0.3, -0.25) is 0 Å². The van der Waals surface area contributed by atoms with Gasteiger partial charge in [0.15, 0.2) is 0 Å². The number of aliphatic hydroxyl groups excluding tert-OH is 1. The monoisotopic (exact) mass is 221 g/mol. The van der Waals surface area contributed by atoms with Gasteiger partial charge >= 0.3 is 6.18 Å². The second-order valence-corrected chi connectivity index (χ2v) is 3.03. The summed E-state index contributed by atoms with van der Waals surface area (Å²) in [5.41, 5.74) is -1.23. The van der Waals surface area contributed by atoms with Crippen LogP contribution in [0.25, 0.3) is 0 Å². The maximum Gasteiger partial charge on any atom is 0.416 e. The highest BCUT2D eigenvalue weighted by molar-refractivity contribution is 5.33. The van der Waals surface area contributed by atoms with Crippen LogP contribution >= 0.6 is 0 Å². The Labute approximate surface area is 84.3 Å². The molecule has 5 heteroatoms. The van der Waals surface area contributed by atoms with Crippen molar-refractivity contribution in [3.63, 3.8) is 0 Å². The van der Waals surface area contributed by atoms with Crippen molar-refractivity contribution in [1.82, 2.24) is 0 Å². The van der Waals surface area contributed by atoms with Crippen molar-refractivity contribution in [3.05, 3.63) is 41.2 Å². The van der Waals surface area contributed by atoms with Gasteiger partial charge in [-0.1, -0.05) is 6.92 Å². The van der Waals surface area contributed by atoms with E-state index in [-0.39, 0.29) is 18.1 Å². The van der Waals surface area contributed by atoms with Gasteiger partial charge in [0.1, 0.15) is 11.9 Å². The molecule has 0 saturated carbocycles. The van der Waals surface area contributed by atoms with Crippen molar-refractivity contribution in [2.45, 2.75) is 19.5 Å². The fourth-order valence-electron chi connectivity index (χ4n) is 1.12. The smallest absolute Gasteiger partial charge is 0.382 e. The molecule has 1 aromatic rings. The van der Waals surface area contributed by atoms with E-state index in [9.17, 15) is 22.7 Å². The van der Waals surface area contributed by atoms with Gasteiger partial charge in [0.05, 0.1) is 5.56 Å². The van der Waals surface area contributed by atoms with Gasteiger partial charge in [0.2, 0.25) is 0 Å². The van der Waals surface area contributed by atoms with Crippen LogP contribution in [0, 0.1) is 11.9 Å². The summed E-state index contributed by atoms with van der Waals surface area (Å²) < 4.78 is 49.6. The summed E-state index contributed by atoms with van der Waals surface area (Å²) in [5, 5.41) is 9.23. The molecule has 1 aromatic carbocycles. The SMILES string of the molecule is CC[C](O)c1cc(F)cc(C(F)(F)F)c1. The number of alkyl halides is 3. The molecular formula is C10H9F4O. The Hall–Kier alpha value is -1.10. The van der Waals surface area contributed by atoms with E-state index in [0.29, 0.717) is 6.07 Å². The first-order valence-corrected chi connectivity index (χ1v) is 4.27. The van der Waals surface area contributed by atoms with Crippen molar-refractivity contribution in [1.29, 1.82) is 0 Å². The summed E-state index contributed by atoms with van der Waals surface area (Å²) in [6.07, 6.45) is -4.72. The molecule has 0 atom stereocenters. The van der Waals surface area contributed by atoms with Crippen molar-refractivity contribution < 1.29 is 22.7 Å². The lowest BCUT2D eigenvalue weighted by Crippen LogP contribution is -2.08. The summed E-state index contributed by atoms with van der Waals surface area (Å²) >= 11 is 0. The van der Waals surface area contributed by atoms with Crippen LogP contribution in [0.3, 0.4) is 0 Å². The first kappa shape index (κ1) is 12.0. The highest BCUT2D eigenvalue weighted by Gasteiger charge is 2.31. The maximum absolute atomic E-state index is 12.8. The van der Waals surface area contributed by atoms with Crippen LogP contribution in [0.2, 0.25) is 0 Å². The van der Waals surface area contributed by atoms with Gasteiger partial charge in [-0.05, 0) is 30.2 Å².